The quantitative estimate of drug-likeness (QED) is 0.741. The molecule has 1 N–H and O–H groups in total. The number of nitrogens with zero attached hydrogens (tertiary/aromatic N) is 1. The van der Waals surface area contributed by atoms with E-state index >= 15 is 0 Å². The van der Waals surface area contributed by atoms with Crippen molar-refractivity contribution < 1.29 is 14.3 Å². The Morgan fingerprint density at radius 1 is 1.20 bits per heavy atom. The monoisotopic (exact) mass is 428 g/mol. The van der Waals surface area contributed by atoms with Crippen molar-refractivity contribution in [3.63, 3.8) is 0 Å². The summed E-state index contributed by atoms with van der Waals surface area (Å²) in [6, 6.07) is 8.80. The molecule has 1 saturated carbocycles. The molecule has 2 aliphatic rings. The number of benzene rings is 1. The minimum absolute atomic E-state index is 0.0584. The van der Waals surface area contributed by atoms with Gasteiger partial charge in [0.25, 0.3) is 0 Å². The van der Waals surface area contributed by atoms with Crippen LogP contribution in [0.25, 0.3) is 0 Å². The largest absolute Gasteiger partial charge is 0.493 e. The number of methoxy groups -OCH3 is 2. The first-order valence-electron chi connectivity index (χ1n) is 10.9. The van der Waals surface area contributed by atoms with Gasteiger partial charge in [-0.2, -0.15) is 0 Å². The standard InChI is InChI=1S/C24H32N2O3S/c1-16-7-4-5-8-19(16)25-23(27)15-26-11-10-17-13-20(28-2)21(29-3)14-18(17)24(26)22-9-6-12-30-22/h6,9,12-14,16,19,24H,4-5,7-8,10-11,15H2,1-3H3,(H,25,27). The predicted octanol–water partition coefficient (Wildman–Crippen LogP) is 4.41. The highest BCUT2D eigenvalue weighted by molar-refractivity contribution is 7.10. The molecule has 4 rings (SSSR count). The number of hydrogen-bond donors (Lipinski definition) is 1. The number of carbonyl (C=O) groups is 1. The van der Waals surface area contributed by atoms with Crippen molar-refractivity contribution in [3.8, 4) is 11.5 Å². The maximum absolute atomic E-state index is 13.0. The summed E-state index contributed by atoms with van der Waals surface area (Å²) in [5.41, 5.74) is 2.48. The molecule has 162 valence electrons. The predicted molar refractivity (Wildman–Crippen MR) is 121 cm³/mol. The van der Waals surface area contributed by atoms with Crippen molar-refractivity contribution in [1.29, 1.82) is 0 Å². The Balaban J connectivity index is 1.58. The molecular weight excluding hydrogens is 396 g/mol. The van der Waals surface area contributed by atoms with Gasteiger partial charge in [0, 0.05) is 17.5 Å². The molecule has 0 radical (unpaired) electrons. The molecule has 0 bridgehead atoms. The molecule has 6 heteroatoms. The topological polar surface area (TPSA) is 50.8 Å². The van der Waals surface area contributed by atoms with Crippen LogP contribution in [-0.2, 0) is 11.2 Å². The van der Waals surface area contributed by atoms with Gasteiger partial charge >= 0.3 is 0 Å². The second-order valence-electron chi connectivity index (χ2n) is 8.48. The Bertz CT molecular complexity index is 868. The van der Waals surface area contributed by atoms with E-state index in [1.807, 2.05) is 0 Å². The van der Waals surface area contributed by atoms with Gasteiger partial charge in [-0.25, -0.2) is 0 Å². The molecule has 3 atom stereocenters. The van der Waals surface area contributed by atoms with Crippen LogP contribution in [0, 0.1) is 5.92 Å². The molecule has 1 amide bonds. The van der Waals surface area contributed by atoms with Crippen LogP contribution in [0.3, 0.4) is 0 Å². The highest BCUT2D eigenvalue weighted by Crippen LogP contribution is 2.42. The van der Waals surface area contributed by atoms with Crippen LogP contribution in [0.1, 0.15) is 54.7 Å². The molecule has 30 heavy (non-hydrogen) atoms. The zero-order valence-corrected chi connectivity index (χ0v) is 19.0. The molecule has 1 aliphatic carbocycles. The summed E-state index contributed by atoms with van der Waals surface area (Å²) in [5, 5.41) is 5.43. The molecular formula is C24H32N2O3S. The van der Waals surface area contributed by atoms with Crippen LogP contribution in [0.2, 0.25) is 0 Å². The summed E-state index contributed by atoms with van der Waals surface area (Å²) in [4.78, 5) is 16.5. The Morgan fingerprint density at radius 3 is 2.67 bits per heavy atom. The fourth-order valence-corrected chi connectivity index (χ4v) is 5.79. The van der Waals surface area contributed by atoms with Crippen molar-refractivity contribution in [2.24, 2.45) is 5.92 Å². The number of carbonyl (C=O) groups excluding carboxylic acids is 1. The lowest BCUT2D eigenvalue weighted by Crippen LogP contribution is -2.47. The first-order valence-corrected chi connectivity index (χ1v) is 11.8. The number of rotatable bonds is 6. The summed E-state index contributed by atoms with van der Waals surface area (Å²) in [7, 11) is 3.34. The third-order valence-electron chi connectivity index (χ3n) is 6.59. The summed E-state index contributed by atoms with van der Waals surface area (Å²) in [5.74, 6) is 2.20. The van der Waals surface area contributed by atoms with Crippen LogP contribution in [0.15, 0.2) is 29.6 Å². The number of fused-ring (bicyclic) bond motifs is 1. The molecule has 0 spiro atoms. The second-order valence-corrected chi connectivity index (χ2v) is 9.46. The zero-order chi connectivity index (χ0) is 21.1. The van der Waals surface area contributed by atoms with Gasteiger partial charge in [-0.05, 0) is 59.9 Å². The minimum Gasteiger partial charge on any atom is -0.493 e. The Morgan fingerprint density at radius 2 is 1.97 bits per heavy atom. The van der Waals surface area contributed by atoms with Crippen LogP contribution in [0.4, 0.5) is 0 Å². The SMILES string of the molecule is COc1cc2c(cc1OC)C(c1cccs1)N(CC(=O)NC1CCCCC1C)CC2. The number of nitrogens with one attached hydrogen (secondary N) is 1. The second kappa shape index (κ2) is 9.40. The number of ether oxygens (including phenoxy) is 2. The van der Waals surface area contributed by atoms with Gasteiger partial charge in [0.1, 0.15) is 0 Å². The van der Waals surface area contributed by atoms with Gasteiger partial charge in [0.2, 0.25) is 5.91 Å². The van der Waals surface area contributed by atoms with Crippen molar-refractivity contribution >= 4 is 17.2 Å². The number of amides is 1. The fraction of sp³-hybridized carbons (Fsp3) is 0.542. The van der Waals surface area contributed by atoms with E-state index in [0.717, 1.165) is 30.9 Å². The summed E-state index contributed by atoms with van der Waals surface area (Å²) < 4.78 is 11.1. The molecule has 1 fully saturated rings. The van der Waals surface area contributed by atoms with Gasteiger partial charge < -0.3 is 14.8 Å². The van der Waals surface area contributed by atoms with Crippen molar-refractivity contribution in [2.45, 2.75) is 51.1 Å². The minimum atomic E-state index is 0.0584. The van der Waals surface area contributed by atoms with E-state index in [1.165, 1.54) is 35.3 Å². The van der Waals surface area contributed by atoms with Crippen LogP contribution in [-0.4, -0.2) is 44.2 Å². The Hall–Kier alpha value is -2.05. The third kappa shape index (κ3) is 4.35. The zero-order valence-electron chi connectivity index (χ0n) is 18.1. The number of thiophene rings is 1. The van der Waals surface area contributed by atoms with E-state index < -0.39 is 0 Å². The van der Waals surface area contributed by atoms with E-state index in [2.05, 4.69) is 46.8 Å². The average molecular weight is 429 g/mol. The molecule has 1 aromatic carbocycles. The molecule has 0 saturated heterocycles. The van der Waals surface area contributed by atoms with Crippen LogP contribution >= 0.6 is 11.3 Å². The smallest absolute Gasteiger partial charge is 0.234 e. The maximum Gasteiger partial charge on any atom is 0.234 e. The van der Waals surface area contributed by atoms with E-state index in [9.17, 15) is 4.79 Å². The summed E-state index contributed by atoms with van der Waals surface area (Å²) in [6.07, 6.45) is 5.70. The lowest BCUT2D eigenvalue weighted by Gasteiger charge is -2.37. The molecule has 2 aromatic rings. The highest BCUT2D eigenvalue weighted by Gasteiger charge is 2.33. The fourth-order valence-electron chi connectivity index (χ4n) is 4.92. The summed E-state index contributed by atoms with van der Waals surface area (Å²) >= 11 is 1.74. The van der Waals surface area contributed by atoms with Gasteiger partial charge in [-0.1, -0.05) is 25.8 Å². The number of hydrogen-bond acceptors (Lipinski definition) is 5. The van der Waals surface area contributed by atoms with Crippen molar-refractivity contribution in [1.82, 2.24) is 10.2 Å². The Kier molecular flexibility index (Phi) is 6.64. The molecule has 1 aromatic heterocycles. The van der Waals surface area contributed by atoms with Gasteiger partial charge in [-0.3, -0.25) is 9.69 Å². The van der Waals surface area contributed by atoms with Crippen molar-refractivity contribution in [3.05, 3.63) is 45.6 Å². The normalized spacial score (nSPS) is 24.2. The lowest BCUT2D eigenvalue weighted by atomic mass is 9.86. The van der Waals surface area contributed by atoms with E-state index in [-0.39, 0.29) is 11.9 Å². The first kappa shape index (κ1) is 21.2. The molecule has 3 unspecified atom stereocenters. The maximum atomic E-state index is 13.0. The molecule has 5 nitrogen and oxygen atoms in total. The van der Waals surface area contributed by atoms with E-state index in [1.54, 1.807) is 25.6 Å². The Labute approximate surface area is 183 Å². The average Bonchev–Trinajstić information content (AvgIpc) is 3.28. The van der Waals surface area contributed by atoms with Gasteiger partial charge in [-0.15, -0.1) is 11.3 Å². The molecule has 2 heterocycles. The van der Waals surface area contributed by atoms with Crippen LogP contribution < -0.4 is 14.8 Å². The van der Waals surface area contributed by atoms with Crippen molar-refractivity contribution in [2.75, 3.05) is 27.3 Å². The third-order valence-corrected chi connectivity index (χ3v) is 7.52. The first-order chi connectivity index (χ1) is 14.6. The van der Waals surface area contributed by atoms with E-state index in [0.29, 0.717) is 18.5 Å². The van der Waals surface area contributed by atoms with Gasteiger partial charge in [0.15, 0.2) is 11.5 Å². The van der Waals surface area contributed by atoms with Gasteiger partial charge in [0.05, 0.1) is 26.8 Å². The highest BCUT2D eigenvalue weighted by atomic mass is 32.1. The van der Waals surface area contributed by atoms with Crippen LogP contribution in [0.5, 0.6) is 11.5 Å². The molecule has 1 aliphatic heterocycles. The lowest BCUT2D eigenvalue weighted by molar-refractivity contribution is -0.124. The van der Waals surface area contributed by atoms with E-state index in [4.69, 9.17) is 9.47 Å². The summed E-state index contributed by atoms with van der Waals surface area (Å²) in [6.45, 7) is 3.52.